The number of carbonyl (C=O) groups is 1. The van der Waals surface area contributed by atoms with E-state index >= 15 is 0 Å². The molecule has 0 radical (unpaired) electrons. The molecule has 0 saturated carbocycles. The molecule has 1 heterocycles. The fraction of sp³-hybridized carbons (Fsp3) is 0.348. The number of allylic oxidation sites excluding steroid dienone is 2. The molecular formula is C23H23F4N5OS. The molecule has 0 aliphatic carbocycles. The molecule has 1 aromatic rings. The van der Waals surface area contributed by atoms with E-state index in [1.807, 2.05) is 0 Å². The van der Waals surface area contributed by atoms with E-state index in [-0.39, 0.29) is 22.3 Å². The van der Waals surface area contributed by atoms with Crippen LogP contribution in [-0.2, 0) is 11.0 Å². The average Bonchev–Trinajstić information content (AvgIpc) is 2.94. The molecule has 34 heavy (non-hydrogen) atoms. The zero-order valence-electron chi connectivity index (χ0n) is 19.1. The highest BCUT2D eigenvalue weighted by Crippen LogP contribution is 2.37. The van der Waals surface area contributed by atoms with E-state index in [2.05, 4.69) is 16.6 Å². The Morgan fingerprint density at radius 3 is 2.50 bits per heavy atom. The maximum atomic E-state index is 13.9. The van der Waals surface area contributed by atoms with Crippen LogP contribution in [0.3, 0.4) is 0 Å². The van der Waals surface area contributed by atoms with Crippen molar-refractivity contribution in [1.82, 2.24) is 4.90 Å². The summed E-state index contributed by atoms with van der Waals surface area (Å²) in [6, 6.07) is 4.42. The first kappa shape index (κ1) is 26.9. The van der Waals surface area contributed by atoms with Gasteiger partial charge in [-0.3, -0.25) is 14.6 Å². The summed E-state index contributed by atoms with van der Waals surface area (Å²) in [5, 5.41) is 8.90. The minimum Gasteiger partial charge on any atom is -0.294 e. The summed E-state index contributed by atoms with van der Waals surface area (Å²) >= 11 is 5.39. The number of nitrogens with zero attached hydrogens (tertiary/aromatic N) is 5. The van der Waals surface area contributed by atoms with Crippen molar-refractivity contribution >= 4 is 41.1 Å². The zero-order valence-corrected chi connectivity index (χ0v) is 19.9. The molecule has 0 bridgehead atoms. The van der Waals surface area contributed by atoms with Gasteiger partial charge in [-0.25, -0.2) is 14.4 Å². The van der Waals surface area contributed by atoms with Gasteiger partial charge in [-0.2, -0.15) is 18.4 Å². The Morgan fingerprint density at radius 1 is 1.32 bits per heavy atom. The van der Waals surface area contributed by atoms with Crippen molar-refractivity contribution in [3.63, 3.8) is 0 Å². The zero-order chi connectivity index (χ0) is 25.8. The van der Waals surface area contributed by atoms with Gasteiger partial charge in [0.1, 0.15) is 17.2 Å². The quantitative estimate of drug-likeness (QED) is 0.163. The highest BCUT2D eigenvalue weighted by atomic mass is 32.1. The molecule has 2 rings (SSSR count). The molecule has 0 N–H and O–H groups in total. The van der Waals surface area contributed by atoms with Gasteiger partial charge in [-0.1, -0.05) is 20.4 Å². The standard InChI is InChI=1S/C23H23F4N5OS/c1-6-8-18(24)14(3)30-19(7-2)29-13-31-21(34)32(20(33)22(31,4)5)16-10-9-15(12-28)17(11-16)23(25,26)27/h8-11,13H,3,6-7H2,1-2,4-5H3/b18-8+,29-13-,30-19-. The second-order valence-corrected chi connectivity index (χ2v) is 8.09. The van der Waals surface area contributed by atoms with Gasteiger partial charge in [0.25, 0.3) is 5.91 Å². The van der Waals surface area contributed by atoms with Gasteiger partial charge in [0.05, 0.1) is 34.9 Å². The lowest BCUT2D eigenvalue weighted by atomic mass is 10.0. The molecule has 1 aliphatic heterocycles. The number of halogens is 4. The summed E-state index contributed by atoms with van der Waals surface area (Å²) in [4.78, 5) is 23.7. The Kier molecular flexibility index (Phi) is 8.10. The van der Waals surface area contributed by atoms with Gasteiger partial charge >= 0.3 is 6.18 Å². The van der Waals surface area contributed by atoms with Gasteiger partial charge in [-0.05, 0) is 56.8 Å². The predicted octanol–water partition coefficient (Wildman–Crippen LogP) is 5.90. The van der Waals surface area contributed by atoms with Crippen LogP contribution in [0.25, 0.3) is 0 Å². The molecule has 1 saturated heterocycles. The van der Waals surface area contributed by atoms with Crippen LogP contribution < -0.4 is 4.90 Å². The molecule has 0 unspecified atom stereocenters. The van der Waals surface area contributed by atoms with Crippen LogP contribution >= 0.6 is 12.2 Å². The molecule has 1 fully saturated rings. The van der Waals surface area contributed by atoms with Gasteiger partial charge in [0, 0.05) is 6.42 Å². The summed E-state index contributed by atoms with van der Waals surface area (Å²) in [5.41, 5.74) is -3.26. The number of thiocarbonyl (C=S) groups is 1. The Balaban J connectivity index is 2.45. The van der Waals surface area contributed by atoms with Crippen LogP contribution in [0.4, 0.5) is 23.2 Å². The highest BCUT2D eigenvalue weighted by Gasteiger charge is 2.49. The molecule has 1 amide bonds. The lowest BCUT2D eigenvalue weighted by Crippen LogP contribution is -2.43. The molecule has 0 atom stereocenters. The number of hydrogen-bond donors (Lipinski definition) is 0. The number of rotatable bonds is 6. The summed E-state index contributed by atoms with van der Waals surface area (Å²) in [5.74, 6) is -0.951. The van der Waals surface area contributed by atoms with E-state index in [1.165, 1.54) is 43.3 Å². The van der Waals surface area contributed by atoms with Crippen LogP contribution in [0.5, 0.6) is 0 Å². The van der Waals surface area contributed by atoms with Crippen molar-refractivity contribution in [2.24, 2.45) is 9.98 Å². The fourth-order valence-electron chi connectivity index (χ4n) is 3.06. The Bertz CT molecular complexity index is 1140. The van der Waals surface area contributed by atoms with E-state index in [0.29, 0.717) is 18.9 Å². The predicted molar refractivity (Wildman–Crippen MR) is 127 cm³/mol. The van der Waals surface area contributed by atoms with Gasteiger partial charge < -0.3 is 0 Å². The van der Waals surface area contributed by atoms with E-state index in [4.69, 9.17) is 17.5 Å². The second-order valence-electron chi connectivity index (χ2n) is 7.72. The van der Waals surface area contributed by atoms with Crippen LogP contribution in [0, 0.1) is 11.3 Å². The summed E-state index contributed by atoms with van der Waals surface area (Å²) in [6.07, 6.45) is -1.45. The van der Waals surface area contributed by atoms with Crippen molar-refractivity contribution in [3.8, 4) is 6.07 Å². The topological polar surface area (TPSA) is 72.1 Å². The molecule has 1 aliphatic rings. The van der Waals surface area contributed by atoms with Crippen molar-refractivity contribution in [2.45, 2.75) is 52.3 Å². The van der Waals surface area contributed by atoms with E-state index < -0.39 is 34.6 Å². The maximum absolute atomic E-state index is 13.9. The first-order valence-corrected chi connectivity index (χ1v) is 10.7. The number of nitriles is 1. The molecule has 11 heteroatoms. The maximum Gasteiger partial charge on any atom is 0.417 e. The second kappa shape index (κ2) is 10.3. The van der Waals surface area contributed by atoms with Gasteiger partial charge in [0.2, 0.25) is 0 Å². The van der Waals surface area contributed by atoms with Crippen LogP contribution in [0.2, 0.25) is 0 Å². The number of anilines is 1. The number of carbonyl (C=O) groups excluding carboxylic acids is 1. The number of alkyl halides is 3. The average molecular weight is 494 g/mol. The van der Waals surface area contributed by atoms with E-state index in [9.17, 15) is 22.4 Å². The Morgan fingerprint density at radius 2 is 1.97 bits per heavy atom. The fourth-order valence-corrected chi connectivity index (χ4v) is 3.53. The van der Waals surface area contributed by atoms with Crippen LogP contribution in [0.1, 0.15) is 51.7 Å². The van der Waals surface area contributed by atoms with Gasteiger partial charge in [-0.15, -0.1) is 0 Å². The lowest BCUT2D eigenvalue weighted by Gasteiger charge is -2.24. The molecule has 180 valence electrons. The van der Waals surface area contributed by atoms with Crippen molar-refractivity contribution in [2.75, 3.05) is 4.90 Å². The molecular weight excluding hydrogens is 470 g/mol. The minimum atomic E-state index is -4.79. The third kappa shape index (κ3) is 5.39. The number of hydrogen-bond acceptors (Lipinski definition) is 4. The number of amidine groups is 1. The third-order valence-electron chi connectivity index (χ3n) is 4.97. The molecule has 6 nitrogen and oxygen atoms in total. The van der Waals surface area contributed by atoms with Crippen molar-refractivity contribution < 1.29 is 22.4 Å². The largest absolute Gasteiger partial charge is 0.417 e. The van der Waals surface area contributed by atoms with E-state index in [1.54, 1.807) is 13.8 Å². The lowest BCUT2D eigenvalue weighted by molar-refractivity contribution is -0.137. The smallest absolute Gasteiger partial charge is 0.294 e. The normalized spacial score (nSPS) is 17.0. The van der Waals surface area contributed by atoms with Crippen molar-refractivity contribution in [1.29, 1.82) is 5.26 Å². The molecule has 0 spiro atoms. The Labute approximate surface area is 200 Å². The monoisotopic (exact) mass is 493 g/mol. The third-order valence-corrected chi connectivity index (χ3v) is 5.35. The summed E-state index contributed by atoms with van der Waals surface area (Å²) in [6.45, 7) is 10.1. The SMILES string of the molecule is C=C(/N=C(CC)\N=C/N1C(=S)N(c2ccc(C#N)c(C(F)(F)F)c2)C(=O)C1(C)C)/C(F)=C\CC. The molecule has 0 aromatic heterocycles. The highest BCUT2D eigenvalue weighted by molar-refractivity contribution is 7.80. The number of benzene rings is 1. The van der Waals surface area contributed by atoms with E-state index in [0.717, 1.165) is 11.0 Å². The summed E-state index contributed by atoms with van der Waals surface area (Å²) in [7, 11) is 0. The van der Waals surface area contributed by atoms with Gasteiger partial charge in [0.15, 0.2) is 5.11 Å². The van der Waals surface area contributed by atoms with Crippen LogP contribution in [-0.4, -0.2) is 33.6 Å². The number of aliphatic imine (C=N–C) groups is 2. The van der Waals surface area contributed by atoms with Crippen molar-refractivity contribution in [3.05, 3.63) is 53.5 Å². The first-order valence-electron chi connectivity index (χ1n) is 10.2. The summed E-state index contributed by atoms with van der Waals surface area (Å²) < 4.78 is 54.1. The Hall–Kier alpha value is -3.39. The number of amides is 1. The van der Waals surface area contributed by atoms with Crippen LogP contribution in [0.15, 0.2) is 52.4 Å². The molecule has 1 aromatic carbocycles. The first-order chi connectivity index (χ1) is 15.8. The minimum absolute atomic E-state index is 0.103.